The monoisotopic (exact) mass is 389 g/mol. The minimum absolute atomic E-state index is 0.136. The Bertz CT molecular complexity index is 788. The third-order valence-corrected chi connectivity index (χ3v) is 4.20. The van der Waals surface area contributed by atoms with E-state index in [1.54, 1.807) is 34.5 Å². The average molecular weight is 389 g/mol. The zero-order valence-electron chi connectivity index (χ0n) is 17.0. The van der Waals surface area contributed by atoms with Crippen LogP contribution in [0.3, 0.4) is 0 Å². The predicted octanol–water partition coefficient (Wildman–Crippen LogP) is 3.83. The zero-order valence-corrected chi connectivity index (χ0v) is 17.0. The first-order valence-electron chi connectivity index (χ1n) is 8.90. The molecule has 0 radical (unpaired) electrons. The van der Waals surface area contributed by atoms with Gasteiger partial charge in [0.05, 0.1) is 40.7 Å². The molecule has 2 aromatic rings. The van der Waals surface area contributed by atoms with Crippen LogP contribution in [0.2, 0.25) is 0 Å². The van der Waals surface area contributed by atoms with Gasteiger partial charge in [-0.2, -0.15) is 0 Å². The Morgan fingerprint density at radius 1 is 0.893 bits per heavy atom. The molecule has 1 amide bonds. The van der Waals surface area contributed by atoms with E-state index in [4.69, 9.17) is 23.7 Å². The largest absolute Gasteiger partial charge is 0.497 e. The molecule has 0 spiro atoms. The highest BCUT2D eigenvalue weighted by Gasteiger charge is 2.18. The van der Waals surface area contributed by atoms with E-state index in [1.807, 2.05) is 31.2 Å². The fourth-order valence-electron chi connectivity index (χ4n) is 2.82. The van der Waals surface area contributed by atoms with Crippen LogP contribution in [0.4, 0.5) is 5.69 Å². The molecular formula is C21H27NO6. The van der Waals surface area contributed by atoms with Crippen molar-refractivity contribution in [3.8, 4) is 28.7 Å². The van der Waals surface area contributed by atoms with Gasteiger partial charge < -0.3 is 29.0 Å². The van der Waals surface area contributed by atoms with Crippen molar-refractivity contribution < 1.29 is 28.5 Å². The van der Waals surface area contributed by atoms with Crippen LogP contribution >= 0.6 is 0 Å². The first-order valence-corrected chi connectivity index (χ1v) is 8.90. The predicted molar refractivity (Wildman–Crippen MR) is 107 cm³/mol. The molecule has 0 aliphatic rings. The molecule has 0 aliphatic heterocycles. The molecule has 7 nitrogen and oxygen atoms in total. The Kier molecular flexibility index (Phi) is 7.80. The number of anilines is 1. The maximum Gasteiger partial charge on any atom is 0.224 e. The van der Waals surface area contributed by atoms with Gasteiger partial charge in [-0.15, -0.1) is 0 Å². The van der Waals surface area contributed by atoms with E-state index >= 15 is 0 Å². The number of methoxy groups -OCH3 is 4. The van der Waals surface area contributed by atoms with Crippen molar-refractivity contribution in [1.29, 1.82) is 0 Å². The standard InChI is InChI=1S/C21H27NO6/c1-14-20(26-4)17(13-18(25-3)21(14)27-5)22-19(23)7-6-12-28-16-10-8-15(24-2)9-11-16/h8-11,13H,6-7,12H2,1-5H3,(H,22,23). The number of carbonyl (C=O) groups is 1. The number of carbonyl (C=O) groups excluding carboxylic acids is 1. The number of ether oxygens (including phenoxy) is 5. The summed E-state index contributed by atoms with van der Waals surface area (Å²) in [5.74, 6) is 3.01. The Balaban J connectivity index is 1.92. The molecule has 7 heteroatoms. The number of amides is 1. The maximum absolute atomic E-state index is 12.3. The summed E-state index contributed by atoms with van der Waals surface area (Å²) in [4.78, 5) is 12.3. The molecule has 0 aromatic heterocycles. The van der Waals surface area contributed by atoms with E-state index in [-0.39, 0.29) is 5.91 Å². The van der Waals surface area contributed by atoms with E-state index in [2.05, 4.69) is 5.32 Å². The van der Waals surface area contributed by atoms with Crippen molar-refractivity contribution in [3.05, 3.63) is 35.9 Å². The third-order valence-electron chi connectivity index (χ3n) is 4.20. The lowest BCUT2D eigenvalue weighted by molar-refractivity contribution is -0.116. The fraction of sp³-hybridized carbons (Fsp3) is 0.381. The molecular weight excluding hydrogens is 362 g/mol. The summed E-state index contributed by atoms with van der Waals surface area (Å²) in [5.41, 5.74) is 1.29. The molecule has 0 saturated heterocycles. The second kappa shape index (κ2) is 10.3. The number of hydrogen-bond donors (Lipinski definition) is 1. The van der Waals surface area contributed by atoms with Gasteiger partial charge in [0.25, 0.3) is 0 Å². The van der Waals surface area contributed by atoms with Gasteiger partial charge in [0, 0.05) is 18.1 Å². The zero-order chi connectivity index (χ0) is 20.5. The Morgan fingerprint density at radius 3 is 2.11 bits per heavy atom. The van der Waals surface area contributed by atoms with Gasteiger partial charge in [-0.25, -0.2) is 0 Å². The summed E-state index contributed by atoms with van der Waals surface area (Å²) >= 11 is 0. The highest BCUT2D eigenvalue weighted by Crippen LogP contribution is 2.42. The highest BCUT2D eigenvalue weighted by atomic mass is 16.5. The number of rotatable bonds is 10. The summed E-state index contributed by atoms with van der Waals surface area (Å²) in [7, 11) is 6.27. The molecule has 0 aliphatic carbocycles. The first-order chi connectivity index (χ1) is 13.5. The average Bonchev–Trinajstić information content (AvgIpc) is 2.71. The number of hydrogen-bond acceptors (Lipinski definition) is 6. The molecule has 0 atom stereocenters. The van der Waals surface area contributed by atoms with Gasteiger partial charge >= 0.3 is 0 Å². The third kappa shape index (κ3) is 5.22. The van der Waals surface area contributed by atoms with Crippen LogP contribution in [-0.2, 0) is 4.79 Å². The van der Waals surface area contributed by atoms with Gasteiger partial charge in [0.15, 0.2) is 11.5 Å². The molecule has 0 bridgehead atoms. The molecule has 2 rings (SSSR count). The Hall–Kier alpha value is -3.09. The quantitative estimate of drug-likeness (QED) is 0.623. The first kappa shape index (κ1) is 21.2. The Labute approximate surface area is 165 Å². The van der Waals surface area contributed by atoms with Crippen molar-refractivity contribution in [1.82, 2.24) is 0 Å². The molecule has 28 heavy (non-hydrogen) atoms. The van der Waals surface area contributed by atoms with Crippen LogP contribution < -0.4 is 29.0 Å². The van der Waals surface area contributed by atoms with Crippen molar-refractivity contribution in [2.24, 2.45) is 0 Å². The highest BCUT2D eigenvalue weighted by molar-refractivity contribution is 5.93. The summed E-state index contributed by atoms with van der Waals surface area (Å²) < 4.78 is 26.9. The van der Waals surface area contributed by atoms with E-state index < -0.39 is 0 Å². The van der Waals surface area contributed by atoms with E-state index in [0.717, 1.165) is 17.1 Å². The lowest BCUT2D eigenvalue weighted by Gasteiger charge is -2.18. The van der Waals surface area contributed by atoms with Crippen LogP contribution in [0.15, 0.2) is 30.3 Å². The summed E-state index contributed by atoms with van der Waals surface area (Å²) in [6, 6.07) is 9.00. The lowest BCUT2D eigenvalue weighted by atomic mass is 10.1. The summed E-state index contributed by atoms with van der Waals surface area (Å²) in [6.07, 6.45) is 0.888. The topological polar surface area (TPSA) is 75.3 Å². The van der Waals surface area contributed by atoms with Crippen LogP contribution in [0.1, 0.15) is 18.4 Å². The van der Waals surface area contributed by atoms with Crippen LogP contribution in [0.25, 0.3) is 0 Å². The fourth-order valence-corrected chi connectivity index (χ4v) is 2.82. The maximum atomic E-state index is 12.3. The second-order valence-corrected chi connectivity index (χ2v) is 5.99. The number of nitrogens with one attached hydrogen (secondary N) is 1. The van der Waals surface area contributed by atoms with Crippen molar-refractivity contribution >= 4 is 11.6 Å². The van der Waals surface area contributed by atoms with E-state index in [9.17, 15) is 4.79 Å². The van der Waals surface area contributed by atoms with Crippen molar-refractivity contribution in [3.63, 3.8) is 0 Å². The smallest absolute Gasteiger partial charge is 0.224 e. The molecule has 0 unspecified atom stereocenters. The lowest BCUT2D eigenvalue weighted by Crippen LogP contribution is -2.14. The van der Waals surface area contributed by atoms with E-state index in [1.165, 1.54) is 0 Å². The Morgan fingerprint density at radius 2 is 1.54 bits per heavy atom. The van der Waals surface area contributed by atoms with Crippen molar-refractivity contribution in [2.75, 3.05) is 40.4 Å². The van der Waals surface area contributed by atoms with Gasteiger partial charge in [-0.1, -0.05) is 0 Å². The SMILES string of the molecule is COc1ccc(OCCCC(=O)Nc2cc(OC)c(OC)c(C)c2OC)cc1. The van der Waals surface area contributed by atoms with Gasteiger partial charge in [-0.3, -0.25) is 4.79 Å². The molecule has 2 aromatic carbocycles. The van der Waals surface area contributed by atoms with E-state index in [0.29, 0.717) is 42.4 Å². The van der Waals surface area contributed by atoms with Gasteiger partial charge in [0.2, 0.25) is 5.91 Å². The van der Waals surface area contributed by atoms with Gasteiger partial charge in [-0.05, 0) is 37.6 Å². The van der Waals surface area contributed by atoms with Crippen molar-refractivity contribution in [2.45, 2.75) is 19.8 Å². The molecule has 0 heterocycles. The molecule has 152 valence electrons. The summed E-state index contributed by atoms with van der Waals surface area (Å²) in [5, 5.41) is 2.87. The normalized spacial score (nSPS) is 10.2. The minimum atomic E-state index is -0.136. The van der Waals surface area contributed by atoms with Crippen LogP contribution in [0.5, 0.6) is 28.7 Å². The molecule has 1 N–H and O–H groups in total. The van der Waals surface area contributed by atoms with Crippen LogP contribution in [-0.4, -0.2) is 41.0 Å². The van der Waals surface area contributed by atoms with Gasteiger partial charge in [0.1, 0.15) is 17.2 Å². The summed E-state index contributed by atoms with van der Waals surface area (Å²) in [6.45, 7) is 2.28. The molecule has 0 fully saturated rings. The second-order valence-electron chi connectivity index (χ2n) is 5.99. The van der Waals surface area contributed by atoms with Crippen LogP contribution in [0, 0.1) is 6.92 Å². The molecule has 0 saturated carbocycles. The number of benzene rings is 2. The minimum Gasteiger partial charge on any atom is -0.497 e.